The number of nitrogens with zero attached hydrogens (tertiary/aromatic N) is 3. The van der Waals surface area contributed by atoms with E-state index in [9.17, 15) is 4.79 Å². The average molecular weight is 221 g/mol. The predicted molar refractivity (Wildman–Crippen MR) is 49.8 cm³/mol. The van der Waals surface area contributed by atoms with Gasteiger partial charge in [0, 0.05) is 6.20 Å². The third-order valence-electron chi connectivity index (χ3n) is 1.77. The molecule has 7 nitrogen and oxygen atoms in total. The molecule has 82 valence electrons. The molecular weight excluding hydrogens is 214 g/mol. The van der Waals surface area contributed by atoms with Crippen LogP contribution in [-0.4, -0.2) is 26.2 Å². The Balaban J connectivity index is 2.12. The summed E-state index contributed by atoms with van der Waals surface area (Å²) in [5.74, 6) is -0.656. The molecule has 0 amide bonds. The number of carbonyl (C=O) groups is 1. The summed E-state index contributed by atoms with van der Waals surface area (Å²) in [6, 6.07) is 1.35. The van der Waals surface area contributed by atoms with E-state index in [1.54, 1.807) is 0 Å². The van der Waals surface area contributed by atoms with Gasteiger partial charge in [0.05, 0.1) is 6.20 Å². The minimum absolute atomic E-state index is 0.00593. The predicted octanol–water partition coefficient (Wildman–Crippen LogP) is 0.742. The van der Waals surface area contributed by atoms with Gasteiger partial charge in [0.1, 0.15) is 5.56 Å². The van der Waals surface area contributed by atoms with Gasteiger partial charge in [-0.25, -0.2) is 4.79 Å². The van der Waals surface area contributed by atoms with Crippen molar-refractivity contribution < 1.29 is 19.2 Å². The largest absolute Gasteiger partial charge is 0.481 e. The second-order valence-electron chi connectivity index (χ2n) is 2.80. The zero-order valence-corrected chi connectivity index (χ0v) is 8.03. The molecule has 0 saturated heterocycles. The van der Waals surface area contributed by atoms with Gasteiger partial charge in [-0.15, -0.1) is 0 Å². The highest BCUT2D eigenvalue weighted by Gasteiger charge is 2.11. The number of carboxylic acid groups (broad SMARTS) is 1. The van der Waals surface area contributed by atoms with Gasteiger partial charge in [-0.2, -0.15) is 4.98 Å². The first kappa shape index (κ1) is 10.1. The Morgan fingerprint density at radius 3 is 3.12 bits per heavy atom. The van der Waals surface area contributed by atoms with E-state index in [1.165, 1.54) is 24.8 Å². The van der Waals surface area contributed by atoms with E-state index in [0.717, 1.165) is 0 Å². The van der Waals surface area contributed by atoms with Crippen molar-refractivity contribution in [3.63, 3.8) is 0 Å². The molecule has 2 rings (SSSR count). The average Bonchev–Trinajstić information content (AvgIpc) is 2.79. The van der Waals surface area contributed by atoms with E-state index in [4.69, 9.17) is 14.4 Å². The standard InChI is InChI=1S/C9H7N3O4/c13-9(14)6-1-2-10-3-7(6)15-4-8-11-5-12-16-8/h1-3,5H,4H2,(H,13,14). The molecule has 0 spiro atoms. The molecule has 0 aliphatic rings. The van der Waals surface area contributed by atoms with Crippen LogP contribution in [0.15, 0.2) is 29.3 Å². The van der Waals surface area contributed by atoms with Crippen molar-refractivity contribution in [3.8, 4) is 5.75 Å². The van der Waals surface area contributed by atoms with Crippen molar-refractivity contribution in [1.82, 2.24) is 15.1 Å². The fourth-order valence-corrected chi connectivity index (χ4v) is 1.07. The van der Waals surface area contributed by atoms with E-state index in [-0.39, 0.29) is 23.8 Å². The van der Waals surface area contributed by atoms with Gasteiger partial charge in [0.2, 0.25) is 0 Å². The number of carboxylic acids is 1. The van der Waals surface area contributed by atoms with Crippen molar-refractivity contribution in [2.24, 2.45) is 0 Å². The summed E-state index contributed by atoms with van der Waals surface area (Å²) >= 11 is 0. The first-order valence-electron chi connectivity index (χ1n) is 4.33. The number of aromatic nitrogens is 3. The van der Waals surface area contributed by atoms with Crippen molar-refractivity contribution in [2.45, 2.75) is 6.61 Å². The zero-order valence-electron chi connectivity index (χ0n) is 8.03. The molecule has 0 fully saturated rings. The van der Waals surface area contributed by atoms with Crippen LogP contribution in [0.1, 0.15) is 16.2 Å². The molecule has 2 aromatic rings. The maximum absolute atomic E-state index is 10.8. The number of pyridine rings is 1. The lowest BCUT2D eigenvalue weighted by molar-refractivity contribution is 0.0690. The maximum atomic E-state index is 10.8. The number of rotatable bonds is 4. The Kier molecular flexibility index (Phi) is 2.77. The molecule has 0 aromatic carbocycles. The van der Waals surface area contributed by atoms with Crippen LogP contribution in [0.2, 0.25) is 0 Å². The molecular formula is C9H7N3O4. The Bertz CT molecular complexity index is 483. The molecule has 0 atom stereocenters. The molecule has 0 aliphatic heterocycles. The quantitative estimate of drug-likeness (QED) is 0.812. The maximum Gasteiger partial charge on any atom is 0.339 e. The molecule has 1 N–H and O–H groups in total. The van der Waals surface area contributed by atoms with E-state index < -0.39 is 5.97 Å². The molecule has 0 unspecified atom stereocenters. The molecule has 0 bridgehead atoms. The topological polar surface area (TPSA) is 98.3 Å². The van der Waals surface area contributed by atoms with Crippen LogP contribution in [0.5, 0.6) is 5.75 Å². The summed E-state index contributed by atoms with van der Waals surface area (Å²) in [5.41, 5.74) is 0.0366. The smallest absolute Gasteiger partial charge is 0.339 e. The fourth-order valence-electron chi connectivity index (χ4n) is 1.07. The van der Waals surface area contributed by atoms with Gasteiger partial charge in [0.15, 0.2) is 18.7 Å². The van der Waals surface area contributed by atoms with E-state index in [1.807, 2.05) is 0 Å². The minimum atomic E-state index is -1.08. The van der Waals surface area contributed by atoms with E-state index in [0.29, 0.717) is 0 Å². The molecule has 0 aliphatic carbocycles. The summed E-state index contributed by atoms with van der Waals surface area (Å²) in [6.45, 7) is 0.00593. The Morgan fingerprint density at radius 2 is 2.44 bits per heavy atom. The Morgan fingerprint density at radius 1 is 1.56 bits per heavy atom. The highest BCUT2D eigenvalue weighted by molar-refractivity contribution is 5.90. The van der Waals surface area contributed by atoms with Crippen LogP contribution < -0.4 is 4.74 Å². The molecule has 16 heavy (non-hydrogen) atoms. The third kappa shape index (κ3) is 2.14. The SMILES string of the molecule is O=C(O)c1ccncc1OCc1ncno1. The van der Waals surface area contributed by atoms with Gasteiger partial charge in [-0.05, 0) is 6.07 Å². The molecule has 2 aromatic heterocycles. The van der Waals surface area contributed by atoms with Gasteiger partial charge in [-0.1, -0.05) is 5.16 Å². The van der Waals surface area contributed by atoms with Crippen molar-refractivity contribution in [2.75, 3.05) is 0 Å². The molecule has 0 saturated carbocycles. The van der Waals surface area contributed by atoms with Gasteiger partial charge in [0.25, 0.3) is 5.89 Å². The normalized spacial score (nSPS) is 10.0. The van der Waals surface area contributed by atoms with E-state index in [2.05, 4.69) is 15.1 Å². The summed E-state index contributed by atoms with van der Waals surface area (Å²) in [5, 5.41) is 12.3. The second kappa shape index (κ2) is 4.39. The van der Waals surface area contributed by atoms with Crippen LogP contribution in [-0.2, 0) is 6.61 Å². The second-order valence-corrected chi connectivity index (χ2v) is 2.80. The van der Waals surface area contributed by atoms with Crippen LogP contribution in [0, 0.1) is 0 Å². The minimum Gasteiger partial charge on any atom is -0.481 e. The van der Waals surface area contributed by atoms with Crippen molar-refractivity contribution in [1.29, 1.82) is 0 Å². The van der Waals surface area contributed by atoms with Gasteiger partial charge in [-0.3, -0.25) is 4.98 Å². The lowest BCUT2D eigenvalue weighted by Crippen LogP contribution is -2.03. The van der Waals surface area contributed by atoms with Crippen LogP contribution >= 0.6 is 0 Å². The number of hydrogen-bond donors (Lipinski definition) is 1. The molecule has 0 radical (unpaired) electrons. The summed E-state index contributed by atoms with van der Waals surface area (Å²) < 4.78 is 9.90. The summed E-state index contributed by atoms with van der Waals surface area (Å²) in [6.07, 6.45) is 3.93. The Hall–Kier alpha value is -2.44. The van der Waals surface area contributed by atoms with Crippen molar-refractivity contribution in [3.05, 3.63) is 36.2 Å². The molecule has 2 heterocycles. The Labute approximate surface area is 89.7 Å². The first-order valence-corrected chi connectivity index (χ1v) is 4.33. The highest BCUT2D eigenvalue weighted by Crippen LogP contribution is 2.17. The molecule has 7 heteroatoms. The first-order chi connectivity index (χ1) is 7.77. The monoisotopic (exact) mass is 221 g/mol. The zero-order chi connectivity index (χ0) is 11.4. The van der Waals surface area contributed by atoms with Gasteiger partial charge < -0.3 is 14.4 Å². The number of hydrogen-bond acceptors (Lipinski definition) is 6. The van der Waals surface area contributed by atoms with Gasteiger partial charge >= 0.3 is 5.97 Å². The van der Waals surface area contributed by atoms with Crippen molar-refractivity contribution >= 4 is 5.97 Å². The summed E-state index contributed by atoms with van der Waals surface area (Å²) in [4.78, 5) is 18.3. The number of aromatic carboxylic acids is 1. The van der Waals surface area contributed by atoms with Crippen LogP contribution in [0.4, 0.5) is 0 Å². The highest BCUT2D eigenvalue weighted by atomic mass is 16.5. The summed E-state index contributed by atoms with van der Waals surface area (Å²) in [7, 11) is 0. The van der Waals surface area contributed by atoms with Crippen LogP contribution in [0.25, 0.3) is 0 Å². The fraction of sp³-hybridized carbons (Fsp3) is 0.111. The van der Waals surface area contributed by atoms with Crippen LogP contribution in [0.3, 0.4) is 0 Å². The number of ether oxygens (including phenoxy) is 1. The third-order valence-corrected chi connectivity index (χ3v) is 1.77. The lowest BCUT2D eigenvalue weighted by Gasteiger charge is -2.05. The lowest BCUT2D eigenvalue weighted by atomic mass is 10.2. The van der Waals surface area contributed by atoms with E-state index >= 15 is 0 Å².